The Labute approximate surface area is 137 Å². The van der Waals surface area contributed by atoms with E-state index in [4.69, 9.17) is 0 Å². The van der Waals surface area contributed by atoms with Gasteiger partial charge in [0, 0.05) is 23.6 Å². The Hall–Kier alpha value is -2.86. The van der Waals surface area contributed by atoms with Crippen LogP contribution in [0.4, 0.5) is 11.5 Å². The van der Waals surface area contributed by atoms with Crippen LogP contribution in [0, 0.1) is 6.92 Å². The van der Waals surface area contributed by atoms with Gasteiger partial charge in [-0.1, -0.05) is 6.07 Å². The highest BCUT2D eigenvalue weighted by Gasteiger charge is 2.07. The molecule has 0 saturated carbocycles. The van der Waals surface area contributed by atoms with Gasteiger partial charge in [0.2, 0.25) is 0 Å². The van der Waals surface area contributed by atoms with Gasteiger partial charge in [-0.15, -0.1) is 11.3 Å². The summed E-state index contributed by atoms with van der Waals surface area (Å²) in [6.07, 6.45) is 1.74. The molecule has 0 saturated heterocycles. The van der Waals surface area contributed by atoms with Gasteiger partial charge in [0.25, 0.3) is 0 Å². The number of hydrogen-bond acceptors (Lipinski definition) is 6. The Morgan fingerprint density at radius 2 is 1.96 bits per heavy atom. The van der Waals surface area contributed by atoms with Gasteiger partial charge in [0.1, 0.15) is 11.5 Å². The highest BCUT2D eigenvalue weighted by atomic mass is 32.1. The molecule has 0 atom stereocenters. The topological polar surface area (TPSA) is 63.6 Å². The van der Waals surface area contributed by atoms with Gasteiger partial charge in [-0.3, -0.25) is 4.98 Å². The number of hydrogen-bond donors (Lipinski definition) is 1. The van der Waals surface area contributed by atoms with Crippen LogP contribution in [0.1, 0.15) is 5.69 Å². The molecule has 23 heavy (non-hydrogen) atoms. The predicted molar refractivity (Wildman–Crippen MR) is 92.9 cm³/mol. The van der Waals surface area contributed by atoms with Gasteiger partial charge in [-0.25, -0.2) is 15.0 Å². The first-order valence-corrected chi connectivity index (χ1v) is 8.03. The molecule has 3 aromatic heterocycles. The number of aromatic nitrogens is 4. The van der Waals surface area contributed by atoms with Gasteiger partial charge in [-0.05, 0) is 37.3 Å². The molecular weight excluding hydrogens is 306 g/mol. The molecule has 3 heterocycles. The molecule has 0 aliphatic rings. The second-order valence-corrected chi connectivity index (χ2v) is 5.98. The fraction of sp³-hybridized carbons (Fsp3) is 0.0588. The Kier molecular flexibility index (Phi) is 3.44. The summed E-state index contributed by atoms with van der Waals surface area (Å²) < 4.78 is 1.14. The second-order valence-electron chi connectivity index (χ2n) is 5.09. The Morgan fingerprint density at radius 1 is 1.00 bits per heavy atom. The van der Waals surface area contributed by atoms with Crippen LogP contribution in [0.5, 0.6) is 0 Å². The highest BCUT2D eigenvalue weighted by Crippen LogP contribution is 2.24. The molecule has 0 amide bonds. The largest absolute Gasteiger partial charge is 0.340 e. The van der Waals surface area contributed by atoms with Crippen molar-refractivity contribution in [3.05, 3.63) is 59.9 Å². The highest BCUT2D eigenvalue weighted by molar-refractivity contribution is 7.16. The molecule has 0 spiro atoms. The predicted octanol–water partition coefficient (Wildman–Crippen LogP) is 4.20. The van der Waals surface area contributed by atoms with Gasteiger partial charge in [-0.2, -0.15) is 0 Å². The lowest BCUT2D eigenvalue weighted by molar-refractivity contribution is 1.09. The fourth-order valence-corrected chi connectivity index (χ4v) is 3.04. The monoisotopic (exact) mass is 319 g/mol. The minimum absolute atomic E-state index is 0.618. The van der Waals surface area contributed by atoms with Crippen molar-refractivity contribution < 1.29 is 0 Å². The third-order valence-corrected chi connectivity index (χ3v) is 4.14. The van der Waals surface area contributed by atoms with E-state index in [2.05, 4.69) is 31.3 Å². The van der Waals surface area contributed by atoms with E-state index in [9.17, 15) is 0 Å². The summed E-state index contributed by atoms with van der Waals surface area (Å²) >= 11 is 1.62. The molecular formula is C17H13N5S. The minimum Gasteiger partial charge on any atom is -0.340 e. The standard InChI is InChI=1S/C17H13N5S/c1-11-8-16(22-17(20-11)14-4-2-3-7-18-14)21-12-5-6-13-15(9-12)23-10-19-13/h2-10H,1H3,(H,20,21,22). The minimum atomic E-state index is 0.618. The van der Waals surface area contributed by atoms with Crippen LogP contribution in [0.2, 0.25) is 0 Å². The molecule has 0 aliphatic carbocycles. The summed E-state index contributed by atoms with van der Waals surface area (Å²) in [6, 6.07) is 13.7. The number of thiazole rings is 1. The maximum atomic E-state index is 4.57. The van der Waals surface area contributed by atoms with Crippen molar-refractivity contribution >= 4 is 33.1 Å². The van der Waals surface area contributed by atoms with Crippen molar-refractivity contribution in [1.29, 1.82) is 0 Å². The van der Waals surface area contributed by atoms with Gasteiger partial charge >= 0.3 is 0 Å². The fourth-order valence-electron chi connectivity index (χ4n) is 2.32. The average molecular weight is 319 g/mol. The Bertz CT molecular complexity index is 965. The van der Waals surface area contributed by atoms with E-state index in [1.165, 1.54) is 0 Å². The summed E-state index contributed by atoms with van der Waals surface area (Å²) in [5, 5.41) is 3.34. The summed E-state index contributed by atoms with van der Waals surface area (Å²) in [5.41, 5.74) is 5.49. The van der Waals surface area contributed by atoms with Crippen LogP contribution in [0.25, 0.3) is 21.7 Å². The number of nitrogens with one attached hydrogen (secondary N) is 1. The summed E-state index contributed by atoms with van der Waals surface area (Å²) in [7, 11) is 0. The normalized spacial score (nSPS) is 10.8. The molecule has 1 aromatic carbocycles. The molecule has 5 nitrogen and oxygen atoms in total. The molecule has 4 aromatic rings. The lowest BCUT2D eigenvalue weighted by Gasteiger charge is -2.08. The molecule has 0 bridgehead atoms. The van der Waals surface area contributed by atoms with E-state index in [1.807, 2.05) is 48.8 Å². The van der Waals surface area contributed by atoms with E-state index in [0.29, 0.717) is 5.82 Å². The third-order valence-electron chi connectivity index (χ3n) is 3.35. The number of nitrogens with zero attached hydrogens (tertiary/aromatic N) is 4. The maximum Gasteiger partial charge on any atom is 0.180 e. The van der Waals surface area contributed by atoms with Crippen molar-refractivity contribution in [2.45, 2.75) is 6.92 Å². The van der Waals surface area contributed by atoms with E-state index in [0.717, 1.165) is 33.1 Å². The summed E-state index contributed by atoms with van der Waals surface area (Å²) in [4.78, 5) is 17.6. The molecule has 0 unspecified atom stereocenters. The number of aryl methyl sites for hydroxylation is 1. The number of pyridine rings is 1. The van der Waals surface area contributed by atoms with Crippen LogP contribution in [0.15, 0.2) is 54.2 Å². The first-order valence-electron chi connectivity index (χ1n) is 7.15. The quantitative estimate of drug-likeness (QED) is 0.613. The smallest absolute Gasteiger partial charge is 0.180 e. The van der Waals surface area contributed by atoms with Crippen molar-refractivity contribution in [2.75, 3.05) is 5.32 Å². The first kappa shape index (κ1) is 13.8. The molecule has 6 heteroatoms. The van der Waals surface area contributed by atoms with Gasteiger partial charge in [0.05, 0.1) is 15.7 Å². The maximum absolute atomic E-state index is 4.57. The molecule has 112 valence electrons. The lowest BCUT2D eigenvalue weighted by atomic mass is 10.3. The zero-order valence-corrected chi connectivity index (χ0v) is 13.2. The number of anilines is 2. The van der Waals surface area contributed by atoms with Gasteiger partial charge < -0.3 is 5.32 Å². The van der Waals surface area contributed by atoms with Crippen LogP contribution in [-0.2, 0) is 0 Å². The third kappa shape index (κ3) is 2.89. The molecule has 0 fully saturated rings. The van der Waals surface area contributed by atoms with Gasteiger partial charge in [0.15, 0.2) is 5.82 Å². The lowest BCUT2D eigenvalue weighted by Crippen LogP contribution is -1.99. The SMILES string of the molecule is Cc1cc(Nc2ccc3ncsc3c2)nc(-c2ccccn2)n1. The number of fused-ring (bicyclic) bond motifs is 1. The molecule has 4 rings (SSSR count). The Balaban J connectivity index is 1.69. The van der Waals surface area contributed by atoms with Crippen LogP contribution >= 0.6 is 11.3 Å². The van der Waals surface area contributed by atoms with Crippen molar-refractivity contribution in [3.63, 3.8) is 0 Å². The zero-order valence-electron chi connectivity index (χ0n) is 12.4. The van der Waals surface area contributed by atoms with Crippen LogP contribution in [0.3, 0.4) is 0 Å². The molecule has 0 radical (unpaired) electrons. The summed E-state index contributed by atoms with van der Waals surface area (Å²) in [6.45, 7) is 1.95. The van der Waals surface area contributed by atoms with Crippen molar-refractivity contribution in [3.8, 4) is 11.5 Å². The Morgan fingerprint density at radius 3 is 2.83 bits per heavy atom. The number of rotatable bonds is 3. The number of benzene rings is 1. The molecule has 1 N–H and O–H groups in total. The van der Waals surface area contributed by atoms with E-state index >= 15 is 0 Å². The zero-order chi connectivity index (χ0) is 15.6. The average Bonchev–Trinajstić information content (AvgIpc) is 3.03. The summed E-state index contributed by atoms with van der Waals surface area (Å²) in [5.74, 6) is 1.37. The van der Waals surface area contributed by atoms with Crippen molar-refractivity contribution in [1.82, 2.24) is 19.9 Å². The molecule has 0 aliphatic heterocycles. The van der Waals surface area contributed by atoms with E-state index < -0.39 is 0 Å². The van der Waals surface area contributed by atoms with E-state index in [1.54, 1.807) is 17.5 Å². The van der Waals surface area contributed by atoms with E-state index in [-0.39, 0.29) is 0 Å². The van der Waals surface area contributed by atoms with Crippen LogP contribution in [-0.4, -0.2) is 19.9 Å². The second kappa shape index (κ2) is 5.73. The van der Waals surface area contributed by atoms with Crippen molar-refractivity contribution in [2.24, 2.45) is 0 Å². The first-order chi connectivity index (χ1) is 11.3. The van der Waals surface area contributed by atoms with Crippen LogP contribution < -0.4 is 5.32 Å².